The maximum atomic E-state index is 12.1. The monoisotopic (exact) mass is 292 g/mol. The molecule has 1 aromatic heterocycles. The second kappa shape index (κ2) is 6.26. The summed E-state index contributed by atoms with van der Waals surface area (Å²) in [6.45, 7) is 4.23. The van der Waals surface area contributed by atoms with Gasteiger partial charge in [-0.05, 0) is 35.1 Å². The van der Waals surface area contributed by atoms with Crippen LogP contribution in [-0.2, 0) is 10.8 Å². The van der Waals surface area contributed by atoms with Crippen LogP contribution in [0.1, 0.15) is 35.0 Å². The Balaban J connectivity index is 2.06. The number of Topliss-reactive ketones (excluding diaryl/α,β-unsaturated/α-hetero) is 1. The van der Waals surface area contributed by atoms with Crippen LogP contribution in [0.25, 0.3) is 0 Å². The highest BCUT2D eigenvalue weighted by atomic mass is 32.2. The molecular weight excluding hydrogens is 276 g/mol. The van der Waals surface area contributed by atoms with E-state index in [2.05, 4.69) is 13.8 Å². The molecule has 0 fully saturated rings. The van der Waals surface area contributed by atoms with E-state index in [1.807, 2.05) is 35.7 Å². The fraction of sp³-hybridized carbons (Fsp3) is 0.267. The van der Waals surface area contributed by atoms with E-state index in [4.69, 9.17) is 0 Å². The van der Waals surface area contributed by atoms with Crippen LogP contribution < -0.4 is 0 Å². The lowest BCUT2D eigenvalue weighted by atomic mass is 10.0. The van der Waals surface area contributed by atoms with Crippen LogP contribution in [0.4, 0.5) is 0 Å². The molecule has 0 aliphatic rings. The summed E-state index contributed by atoms with van der Waals surface area (Å²) in [6.07, 6.45) is 0. The van der Waals surface area contributed by atoms with Crippen LogP contribution in [0.3, 0.4) is 0 Å². The van der Waals surface area contributed by atoms with Crippen molar-refractivity contribution < 1.29 is 9.00 Å². The number of benzene rings is 1. The lowest BCUT2D eigenvalue weighted by molar-refractivity contribution is 0.102. The van der Waals surface area contributed by atoms with Gasteiger partial charge in [-0.25, -0.2) is 0 Å². The van der Waals surface area contributed by atoms with E-state index >= 15 is 0 Å². The molecule has 0 spiro atoms. The zero-order chi connectivity index (χ0) is 13.8. The van der Waals surface area contributed by atoms with E-state index in [1.54, 1.807) is 6.07 Å². The fourth-order valence-corrected chi connectivity index (χ4v) is 3.47. The van der Waals surface area contributed by atoms with Gasteiger partial charge in [-0.15, -0.1) is 11.3 Å². The molecule has 19 heavy (non-hydrogen) atoms. The zero-order valence-corrected chi connectivity index (χ0v) is 12.6. The molecule has 1 atom stereocenters. The molecule has 2 nitrogen and oxygen atoms in total. The van der Waals surface area contributed by atoms with Crippen LogP contribution in [0.15, 0.2) is 46.7 Å². The molecule has 100 valence electrons. The van der Waals surface area contributed by atoms with E-state index in [0.29, 0.717) is 15.7 Å². The highest BCUT2D eigenvalue weighted by Gasteiger charge is 2.13. The molecule has 1 aromatic carbocycles. The Morgan fingerprint density at radius 3 is 2.42 bits per heavy atom. The molecule has 0 aliphatic carbocycles. The van der Waals surface area contributed by atoms with Crippen molar-refractivity contribution in [1.29, 1.82) is 0 Å². The van der Waals surface area contributed by atoms with Crippen molar-refractivity contribution in [2.75, 3.05) is 5.75 Å². The third-order valence-corrected chi connectivity index (χ3v) is 5.10. The highest BCUT2D eigenvalue weighted by Crippen LogP contribution is 2.17. The molecular formula is C15H16O2S2. The fourth-order valence-electron chi connectivity index (χ4n) is 1.72. The average molecular weight is 292 g/mol. The van der Waals surface area contributed by atoms with E-state index in [9.17, 15) is 9.00 Å². The van der Waals surface area contributed by atoms with Crippen LogP contribution in [0.2, 0.25) is 0 Å². The largest absolute Gasteiger partial charge is 0.292 e. The van der Waals surface area contributed by atoms with Crippen molar-refractivity contribution in [3.8, 4) is 0 Å². The van der Waals surface area contributed by atoms with Gasteiger partial charge in [0.05, 0.1) is 21.4 Å². The van der Waals surface area contributed by atoms with E-state index in [1.165, 1.54) is 16.9 Å². The summed E-state index contributed by atoms with van der Waals surface area (Å²) in [5.41, 5.74) is 1.21. The maximum Gasteiger partial charge on any atom is 0.185 e. The predicted octanol–water partition coefficient (Wildman–Crippen LogP) is 3.86. The van der Waals surface area contributed by atoms with E-state index in [-0.39, 0.29) is 11.5 Å². The number of ketones is 1. The van der Waals surface area contributed by atoms with Gasteiger partial charge >= 0.3 is 0 Å². The molecule has 0 radical (unpaired) electrons. The first kappa shape index (κ1) is 14.2. The summed E-state index contributed by atoms with van der Waals surface area (Å²) in [6, 6.07) is 11.3. The number of thiophene rings is 1. The van der Waals surface area contributed by atoms with Crippen molar-refractivity contribution in [2.24, 2.45) is 0 Å². The van der Waals surface area contributed by atoms with Gasteiger partial charge in [-0.2, -0.15) is 0 Å². The summed E-state index contributed by atoms with van der Waals surface area (Å²) < 4.78 is 12.1. The Morgan fingerprint density at radius 1 is 1.21 bits per heavy atom. The minimum atomic E-state index is -1.26. The predicted molar refractivity (Wildman–Crippen MR) is 80.5 cm³/mol. The number of hydrogen-bond acceptors (Lipinski definition) is 3. The molecule has 2 aromatic rings. The minimum Gasteiger partial charge on any atom is -0.292 e. The molecule has 4 heteroatoms. The molecule has 1 unspecified atom stereocenters. The third-order valence-electron chi connectivity index (χ3n) is 2.87. The van der Waals surface area contributed by atoms with Gasteiger partial charge in [0.25, 0.3) is 0 Å². The number of hydrogen-bond donors (Lipinski definition) is 0. The maximum absolute atomic E-state index is 12.1. The Morgan fingerprint density at radius 2 is 1.89 bits per heavy atom. The van der Waals surface area contributed by atoms with Gasteiger partial charge in [0.15, 0.2) is 5.78 Å². The second-order valence-electron chi connectivity index (χ2n) is 4.61. The lowest BCUT2D eigenvalue weighted by Gasteiger charge is -2.06. The van der Waals surface area contributed by atoms with E-state index < -0.39 is 10.8 Å². The van der Waals surface area contributed by atoms with Gasteiger partial charge < -0.3 is 0 Å². The summed E-state index contributed by atoms with van der Waals surface area (Å²) in [7, 11) is -1.26. The third kappa shape index (κ3) is 3.61. The molecule has 0 saturated carbocycles. The summed E-state index contributed by atoms with van der Waals surface area (Å²) in [5, 5.41) is 1.85. The summed E-state index contributed by atoms with van der Waals surface area (Å²) >= 11 is 1.39. The van der Waals surface area contributed by atoms with Crippen molar-refractivity contribution in [3.05, 3.63) is 52.2 Å². The Bertz CT molecular complexity index is 569. The number of carbonyl (C=O) groups is 1. The second-order valence-corrected chi connectivity index (χ2v) is 7.01. The first-order valence-corrected chi connectivity index (χ1v) is 8.33. The first-order valence-electron chi connectivity index (χ1n) is 6.13. The summed E-state index contributed by atoms with van der Waals surface area (Å²) in [5.74, 6) is 0.457. The van der Waals surface area contributed by atoms with E-state index in [0.717, 1.165) is 0 Å². The molecule has 2 rings (SSSR count). The minimum absolute atomic E-state index is 0.0544. The van der Waals surface area contributed by atoms with Crippen molar-refractivity contribution in [3.63, 3.8) is 0 Å². The Kier molecular flexibility index (Phi) is 4.66. The molecule has 0 N–H and O–H groups in total. The quantitative estimate of drug-likeness (QED) is 0.784. The Labute approximate surface area is 119 Å². The van der Waals surface area contributed by atoms with Crippen molar-refractivity contribution in [1.82, 2.24) is 0 Å². The smallest absolute Gasteiger partial charge is 0.185 e. The van der Waals surface area contributed by atoms with Crippen molar-refractivity contribution in [2.45, 2.75) is 24.7 Å². The SMILES string of the molecule is CC(C)c1ccc(S(=O)CC(=O)c2cccs2)cc1. The number of rotatable bonds is 5. The van der Waals surface area contributed by atoms with Crippen LogP contribution in [-0.4, -0.2) is 15.7 Å². The molecule has 0 saturated heterocycles. The van der Waals surface area contributed by atoms with Crippen LogP contribution >= 0.6 is 11.3 Å². The average Bonchev–Trinajstić information content (AvgIpc) is 2.92. The van der Waals surface area contributed by atoms with Crippen LogP contribution in [0.5, 0.6) is 0 Å². The molecule has 0 bridgehead atoms. The van der Waals surface area contributed by atoms with Gasteiger partial charge in [0.2, 0.25) is 0 Å². The first-order chi connectivity index (χ1) is 9.08. The summed E-state index contributed by atoms with van der Waals surface area (Å²) in [4.78, 5) is 13.3. The van der Waals surface area contributed by atoms with Crippen LogP contribution in [0, 0.1) is 0 Å². The number of carbonyl (C=O) groups excluding carboxylic acids is 1. The molecule has 0 amide bonds. The van der Waals surface area contributed by atoms with Gasteiger partial charge in [0.1, 0.15) is 0 Å². The van der Waals surface area contributed by atoms with Gasteiger partial charge in [-0.3, -0.25) is 9.00 Å². The van der Waals surface area contributed by atoms with Gasteiger partial charge in [0, 0.05) is 4.90 Å². The normalized spacial score (nSPS) is 12.6. The van der Waals surface area contributed by atoms with Gasteiger partial charge in [-0.1, -0.05) is 32.0 Å². The topological polar surface area (TPSA) is 34.1 Å². The Hall–Kier alpha value is -1.26. The molecule has 1 heterocycles. The highest BCUT2D eigenvalue weighted by molar-refractivity contribution is 7.85. The van der Waals surface area contributed by atoms with Crippen molar-refractivity contribution >= 4 is 27.9 Å². The lowest BCUT2D eigenvalue weighted by Crippen LogP contribution is -2.09. The standard InChI is InChI=1S/C15H16O2S2/c1-11(2)12-5-7-13(8-6-12)19(17)10-14(16)15-4-3-9-18-15/h3-9,11H,10H2,1-2H3. The molecule has 0 aliphatic heterocycles. The zero-order valence-electron chi connectivity index (χ0n) is 11.0.